The van der Waals surface area contributed by atoms with Crippen LogP contribution in [0.2, 0.25) is 0 Å². The molecule has 0 N–H and O–H groups in total. The number of nitrogens with zero attached hydrogens (tertiary/aromatic N) is 3. The molecular formula is C22H16BrN3O5S3. The number of fused-ring (bicyclic) bond motifs is 1. The molecule has 2 fully saturated rings. The number of halogens is 1. The Morgan fingerprint density at radius 3 is 2.65 bits per heavy atom. The van der Waals surface area contributed by atoms with Crippen molar-refractivity contribution >= 4 is 71.7 Å². The van der Waals surface area contributed by atoms with Crippen molar-refractivity contribution in [1.29, 1.82) is 0 Å². The summed E-state index contributed by atoms with van der Waals surface area (Å²) in [5, 5.41) is 0. The fraction of sp³-hybridized carbons (Fsp3) is 0.182. The molecule has 1 aromatic carbocycles. The van der Waals surface area contributed by atoms with Crippen molar-refractivity contribution in [2.75, 3.05) is 11.5 Å². The lowest BCUT2D eigenvalue weighted by atomic mass is 10.2. The van der Waals surface area contributed by atoms with Crippen LogP contribution in [0, 0.1) is 0 Å². The number of hydrogen-bond acceptors (Lipinski definition) is 8. The fourth-order valence-electron chi connectivity index (χ4n) is 3.80. The molecule has 0 aliphatic carbocycles. The van der Waals surface area contributed by atoms with Gasteiger partial charge in [0.15, 0.2) is 9.84 Å². The highest BCUT2D eigenvalue weighted by Gasteiger charge is 2.42. The summed E-state index contributed by atoms with van der Waals surface area (Å²) >= 11 is 9.78. The first-order valence-electron chi connectivity index (χ1n) is 10.1. The zero-order valence-electron chi connectivity index (χ0n) is 17.4. The van der Waals surface area contributed by atoms with Gasteiger partial charge in [-0.15, -0.1) is 0 Å². The third-order valence-electron chi connectivity index (χ3n) is 5.43. The SMILES string of the molecule is O=C1/C(=C/c2c(Oc3ccc(Br)cc3)nc3ccccn3c2=O)SC(=S)N1[C@H]1CCS(=O)(=O)C1. The fourth-order valence-corrected chi connectivity index (χ4v) is 7.15. The maximum absolute atomic E-state index is 13.3. The Balaban J connectivity index is 1.58. The molecule has 2 aliphatic heterocycles. The second-order valence-electron chi connectivity index (χ2n) is 7.73. The highest BCUT2D eigenvalue weighted by Crippen LogP contribution is 2.37. The molecule has 4 heterocycles. The summed E-state index contributed by atoms with van der Waals surface area (Å²) in [7, 11) is -3.20. The maximum atomic E-state index is 13.3. The van der Waals surface area contributed by atoms with Gasteiger partial charge in [-0.25, -0.2) is 8.42 Å². The minimum atomic E-state index is -3.20. The van der Waals surface area contributed by atoms with Crippen molar-refractivity contribution in [3.05, 3.63) is 74.0 Å². The van der Waals surface area contributed by atoms with Crippen molar-refractivity contribution in [3.63, 3.8) is 0 Å². The van der Waals surface area contributed by atoms with E-state index in [2.05, 4.69) is 20.9 Å². The predicted octanol–water partition coefficient (Wildman–Crippen LogP) is 3.64. The second kappa shape index (κ2) is 8.91. The van der Waals surface area contributed by atoms with Gasteiger partial charge in [0.05, 0.1) is 22.5 Å². The van der Waals surface area contributed by atoms with E-state index in [-0.39, 0.29) is 32.2 Å². The summed E-state index contributed by atoms with van der Waals surface area (Å²) in [5.74, 6) is -0.00932. The number of benzene rings is 1. The molecule has 12 heteroatoms. The first-order chi connectivity index (χ1) is 16.2. The van der Waals surface area contributed by atoms with Gasteiger partial charge < -0.3 is 4.74 Å². The monoisotopic (exact) mass is 577 g/mol. The molecule has 8 nitrogen and oxygen atoms in total. The number of aromatic nitrogens is 2. The smallest absolute Gasteiger partial charge is 0.269 e. The van der Waals surface area contributed by atoms with E-state index in [1.165, 1.54) is 15.4 Å². The molecule has 0 unspecified atom stereocenters. The van der Waals surface area contributed by atoms with Crippen LogP contribution in [0.3, 0.4) is 0 Å². The Morgan fingerprint density at radius 1 is 1.18 bits per heavy atom. The van der Waals surface area contributed by atoms with E-state index in [0.29, 0.717) is 17.8 Å². The summed E-state index contributed by atoms with van der Waals surface area (Å²) in [4.78, 5) is 32.6. The van der Waals surface area contributed by atoms with Crippen molar-refractivity contribution < 1.29 is 17.9 Å². The summed E-state index contributed by atoms with van der Waals surface area (Å²) in [6, 6.07) is 11.7. The van der Waals surface area contributed by atoms with Crippen LogP contribution in [0.1, 0.15) is 12.0 Å². The van der Waals surface area contributed by atoms with Crippen LogP contribution in [-0.4, -0.2) is 50.5 Å². The van der Waals surface area contributed by atoms with Crippen LogP contribution in [0.5, 0.6) is 11.6 Å². The number of sulfone groups is 1. The first kappa shape index (κ1) is 23.2. The Labute approximate surface area is 212 Å². The zero-order valence-corrected chi connectivity index (χ0v) is 21.4. The molecule has 2 aliphatic rings. The third kappa shape index (κ3) is 4.42. The number of thiocarbonyl (C=S) groups is 1. The van der Waals surface area contributed by atoms with E-state index in [1.807, 2.05) is 0 Å². The molecule has 2 saturated heterocycles. The molecule has 1 amide bonds. The highest BCUT2D eigenvalue weighted by molar-refractivity contribution is 9.10. The maximum Gasteiger partial charge on any atom is 0.269 e. The number of carbonyl (C=O) groups excluding carboxylic acids is 1. The molecule has 34 heavy (non-hydrogen) atoms. The number of pyridine rings is 1. The quantitative estimate of drug-likeness (QED) is 0.342. The number of ether oxygens (including phenoxy) is 1. The Kier molecular flexibility index (Phi) is 6.09. The second-order valence-corrected chi connectivity index (χ2v) is 12.5. The van der Waals surface area contributed by atoms with Gasteiger partial charge in [0.1, 0.15) is 21.3 Å². The summed E-state index contributed by atoms with van der Waals surface area (Å²) < 4.78 is 32.3. The topological polar surface area (TPSA) is 98.0 Å². The van der Waals surface area contributed by atoms with Crippen molar-refractivity contribution in [2.24, 2.45) is 0 Å². The summed E-state index contributed by atoms with van der Waals surface area (Å²) in [6.45, 7) is 0. The minimum absolute atomic E-state index is 0.0227. The van der Waals surface area contributed by atoms with E-state index >= 15 is 0 Å². The summed E-state index contributed by atoms with van der Waals surface area (Å²) in [5.41, 5.74) is 0.0676. The molecular weight excluding hydrogens is 562 g/mol. The van der Waals surface area contributed by atoms with Crippen LogP contribution < -0.4 is 10.3 Å². The van der Waals surface area contributed by atoms with Gasteiger partial charge in [0.2, 0.25) is 5.88 Å². The van der Waals surface area contributed by atoms with Gasteiger partial charge in [-0.2, -0.15) is 4.98 Å². The van der Waals surface area contributed by atoms with Crippen LogP contribution in [0.15, 0.2) is 62.8 Å². The average Bonchev–Trinajstić information content (AvgIpc) is 3.29. The molecule has 0 bridgehead atoms. The Morgan fingerprint density at radius 2 is 1.94 bits per heavy atom. The standard InChI is InChI=1S/C22H16BrN3O5S3/c23-13-4-6-15(7-5-13)31-19-16(20(27)25-9-2-1-3-18(25)24-19)11-17-21(28)26(22(32)33-17)14-8-10-34(29,30)12-14/h1-7,9,11,14H,8,10,12H2/b17-11-/t14-/m0/s1. The van der Waals surface area contributed by atoms with Gasteiger partial charge in [-0.05, 0) is 48.9 Å². The first-order valence-corrected chi connectivity index (χ1v) is 14.0. The largest absolute Gasteiger partial charge is 0.438 e. The normalized spacial score (nSPS) is 21.0. The molecule has 3 aromatic rings. The van der Waals surface area contributed by atoms with Crippen LogP contribution in [-0.2, 0) is 14.6 Å². The molecule has 2 aromatic heterocycles. The number of hydrogen-bond donors (Lipinski definition) is 0. The van der Waals surface area contributed by atoms with E-state index in [0.717, 1.165) is 16.2 Å². The molecule has 0 spiro atoms. The van der Waals surface area contributed by atoms with Gasteiger partial charge >= 0.3 is 0 Å². The van der Waals surface area contributed by atoms with Gasteiger partial charge in [-0.3, -0.25) is 18.9 Å². The predicted molar refractivity (Wildman–Crippen MR) is 138 cm³/mol. The van der Waals surface area contributed by atoms with Gasteiger partial charge in [-0.1, -0.05) is 46.0 Å². The van der Waals surface area contributed by atoms with Gasteiger partial charge in [0, 0.05) is 10.7 Å². The Hall–Kier alpha value is -2.54. The van der Waals surface area contributed by atoms with E-state index in [1.54, 1.807) is 48.7 Å². The van der Waals surface area contributed by atoms with E-state index in [9.17, 15) is 18.0 Å². The van der Waals surface area contributed by atoms with Crippen LogP contribution >= 0.6 is 39.9 Å². The summed E-state index contributed by atoms with van der Waals surface area (Å²) in [6.07, 6.45) is 3.34. The lowest BCUT2D eigenvalue weighted by Crippen LogP contribution is -2.39. The van der Waals surface area contributed by atoms with Crippen molar-refractivity contribution in [2.45, 2.75) is 12.5 Å². The number of amides is 1. The van der Waals surface area contributed by atoms with Crippen molar-refractivity contribution in [3.8, 4) is 11.6 Å². The molecule has 0 radical (unpaired) electrons. The molecule has 5 rings (SSSR count). The lowest BCUT2D eigenvalue weighted by Gasteiger charge is -2.20. The molecule has 0 saturated carbocycles. The average molecular weight is 578 g/mol. The molecule has 1 atom stereocenters. The van der Waals surface area contributed by atoms with Gasteiger partial charge in [0.25, 0.3) is 11.5 Å². The molecule has 174 valence electrons. The van der Waals surface area contributed by atoms with Crippen LogP contribution in [0.4, 0.5) is 0 Å². The van der Waals surface area contributed by atoms with Crippen molar-refractivity contribution in [1.82, 2.24) is 14.3 Å². The zero-order chi connectivity index (χ0) is 24.0. The number of thioether (sulfide) groups is 1. The van der Waals surface area contributed by atoms with E-state index < -0.39 is 27.3 Å². The third-order valence-corrected chi connectivity index (χ3v) is 9.04. The van der Waals surface area contributed by atoms with Crippen LogP contribution in [0.25, 0.3) is 11.7 Å². The number of rotatable bonds is 4. The number of carbonyl (C=O) groups is 1. The minimum Gasteiger partial charge on any atom is -0.438 e. The lowest BCUT2D eigenvalue weighted by molar-refractivity contribution is -0.123. The highest BCUT2D eigenvalue weighted by atomic mass is 79.9. The van der Waals surface area contributed by atoms with E-state index in [4.69, 9.17) is 17.0 Å². The Bertz CT molecular complexity index is 1530.